The number of hydrogen-bond donors (Lipinski definition) is 0. The molecule has 1 unspecified atom stereocenters. The van der Waals surface area contributed by atoms with Crippen LogP contribution in [-0.2, 0) is 9.59 Å². The average molecular weight is 516 g/mol. The van der Waals surface area contributed by atoms with Crippen molar-refractivity contribution in [3.05, 3.63) is 41.3 Å². The molecule has 2 aliphatic heterocycles. The van der Waals surface area contributed by atoms with Gasteiger partial charge in [-0.15, -0.1) is 0 Å². The van der Waals surface area contributed by atoms with Gasteiger partial charge in [-0.3, -0.25) is 14.6 Å². The Morgan fingerprint density at radius 3 is 2.78 bits per heavy atom. The van der Waals surface area contributed by atoms with E-state index in [1.54, 1.807) is 13.1 Å². The van der Waals surface area contributed by atoms with Gasteiger partial charge in [0.1, 0.15) is 17.0 Å². The molecule has 11 heteroatoms. The zero-order valence-electron chi connectivity index (χ0n) is 20.0. The van der Waals surface area contributed by atoms with Crippen LogP contribution in [0.3, 0.4) is 0 Å². The maximum absolute atomic E-state index is 15.3. The molecule has 0 radical (unpaired) electrons. The zero-order chi connectivity index (χ0) is 25.7. The summed E-state index contributed by atoms with van der Waals surface area (Å²) in [7, 11) is 1.59. The quantitative estimate of drug-likeness (QED) is 0.369. The van der Waals surface area contributed by atoms with Gasteiger partial charge < -0.3 is 19.5 Å². The number of pyridine rings is 1. The number of anilines is 3. The number of halogens is 3. The third-order valence-corrected chi connectivity index (χ3v) is 7.02. The maximum atomic E-state index is 15.3. The summed E-state index contributed by atoms with van der Waals surface area (Å²) in [5.41, 5.74) is 1.36. The molecule has 0 saturated carbocycles. The van der Waals surface area contributed by atoms with Gasteiger partial charge in [0.15, 0.2) is 5.75 Å². The van der Waals surface area contributed by atoms with Gasteiger partial charge in [0.05, 0.1) is 28.2 Å². The van der Waals surface area contributed by atoms with Crippen LogP contribution in [0.25, 0.3) is 22.0 Å². The fraction of sp³-hybridized carbons (Fsp3) is 0.320. The van der Waals surface area contributed by atoms with E-state index in [4.69, 9.17) is 16.4 Å². The van der Waals surface area contributed by atoms with Gasteiger partial charge in [-0.25, -0.2) is 4.39 Å². The smallest absolute Gasteiger partial charge is 0.222 e. The molecule has 1 aromatic heterocycles. The molecule has 3 heterocycles. The second-order valence-electron chi connectivity index (χ2n) is 8.87. The molecule has 2 amide bonds. The van der Waals surface area contributed by atoms with E-state index in [2.05, 4.69) is 4.98 Å². The molecule has 188 valence electrons. The lowest BCUT2D eigenvalue weighted by molar-refractivity contribution is -0.133. The summed E-state index contributed by atoms with van der Waals surface area (Å²) >= 11 is 6.68. The van der Waals surface area contributed by atoms with Crippen LogP contribution < -0.4 is 19.9 Å². The highest BCUT2D eigenvalue weighted by molar-refractivity contribution is 6.36. The van der Waals surface area contributed by atoms with Crippen LogP contribution in [0.15, 0.2) is 30.5 Å². The normalized spacial score (nSPS) is 16.9. The first-order chi connectivity index (χ1) is 17.3. The predicted molar refractivity (Wildman–Crippen MR) is 135 cm³/mol. The van der Waals surface area contributed by atoms with Crippen molar-refractivity contribution >= 4 is 51.9 Å². The Balaban J connectivity index is 1.74. The molecule has 1 atom stereocenters. The fourth-order valence-electron chi connectivity index (χ4n) is 5.01. The molecule has 0 aliphatic carbocycles. The highest BCUT2D eigenvalue weighted by atomic mass is 35.5. The van der Waals surface area contributed by atoms with Crippen LogP contribution in [0.2, 0.25) is 5.02 Å². The molecule has 36 heavy (non-hydrogen) atoms. The van der Waals surface area contributed by atoms with Crippen LogP contribution in [0.1, 0.15) is 20.3 Å². The number of hydrogen-bond acceptors (Lipinski definition) is 6. The van der Waals surface area contributed by atoms with Crippen LogP contribution in [0, 0.1) is 5.82 Å². The van der Waals surface area contributed by atoms with Gasteiger partial charge in [-0.2, -0.15) is 0 Å². The lowest BCUT2D eigenvalue weighted by Gasteiger charge is -2.42. The van der Waals surface area contributed by atoms with Crippen molar-refractivity contribution in [3.63, 3.8) is 0 Å². The summed E-state index contributed by atoms with van der Waals surface area (Å²) in [6, 6.07) is 5.64. The molecule has 3 aromatic rings. The topological polar surface area (TPSA) is 69.2 Å². The second-order valence-corrected chi connectivity index (χ2v) is 9.28. The molecule has 5 rings (SSSR count). The summed E-state index contributed by atoms with van der Waals surface area (Å²) in [5.74, 6) is -0.546. The van der Waals surface area contributed by atoms with Crippen molar-refractivity contribution < 1.29 is 23.3 Å². The SMILES string of the molecule is CCC(=O)N1CCN(c2c(N(C)C=O)cnc3c4c(c(Cl)cc23)-c2c(F)cccc2ON4F)CC1C. The second kappa shape index (κ2) is 9.09. The number of carbonyl (C=O) groups excluding carboxylic acids is 2. The maximum Gasteiger partial charge on any atom is 0.222 e. The molecular weight excluding hydrogens is 492 g/mol. The van der Waals surface area contributed by atoms with Gasteiger partial charge in [0.25, 0.3) is 0 Å². The molecule has 1 saturated heterocycles. The van der Waals surface area contributed by atoms with Gasteiger partial charge in [-0.1, -0.05) is 29.1 Å². The number of benzene rings is 2. The summed E-state index contributed by atoms with van der Waals surface area (Å²) in [6.45, 7) is 5.23. The Kier molecular flexibility index (Phi) is 6.07. The van der Waals surface area contributed by atoms with Crippen LogP contribution >= 0.6 is 11.6 Å². The highest BCUT2D eigenvalue weighted by Crippen LogP contribution is 2.52. The Morgan fingerprint density at radius 2 is 2.08 bits per heavy atom. The number of rotatable bonds is 4. The summed E-state index contributed by atoms with van der Waals surface area (Å²) in [5, 5.41) is 0.626. The van der Waals surface area contributed by atoms with E-state index in [0.717, 1.165) is 0 Å². The van der Waals surface area contributed by atoms with E-state index >= 15 is 4.48 Å². The van der Waals surface area contributed by atoms with Crippen LogP contribution in [-0.4, -0.2) is 54.9 Å². The van der Waals surface area contributed by atoms with E-state index in [1.807, 2.05) is 23.6 Å². The summed E-state index contributed by atoms with van der Waals surface area (Å²) < 4.78 is 30.1. The van der Waals surface area contributed by atoms with Crippen molar-refractivity contribution in [2.45, 2.75) is 26.3 Å². The van der Waals surface area contributed by atoms with Crippen molar-refractivity contribution in [2.75, 3.05) is 41.8 Å². The number of piperazine rings is 1. The number of amides is 2. The van der Waals surface area contributed by atoms with E-state index in [1.165, 1.54) is 29.3 Å². The molecule has 8 nitrogen and oxygen atoms in total. The van der Waals surface area contributed by atoms with E-state index in [9.17, 15) is 14.0 Å². The van der Waals surface area contributed by atoms with Crippen LogP contribution in [0.4, 0.5) is 25.9 Å². The zero-order valence-corrected chi connectivity index (χ0v) is 20.7. The number of fused-ring (bicyclic) bond motifs is 5. The Labute approximate surface area is 211 Å². The molecular formula is C25H24ClF2N5O3. The molecule has 0 spiro atoms. The lowest BCUT2D eigenvalue weighted by atomic mass is 9.97. The molecule has 2 aromatic carbocycles. The van der Waals surface area contributed by atoms with E-state index < -0.39 is 5.82 Å². The number of aromatic nitrogens is 1. The summed E-state index contributed by atoms with van der Waals surface area (Å²) in [4.78, 5) is 39.0. The van der Waals surface area contributed by atoms with Gasteiger partial charge in [0.2, 0.25) is 12.3 Å². The summed E-state index contributed by atoms with van der Waals surface area (Å²) in [6.07, 6.45) is 2.54. The predicted octanol–water partition coefficient (Wildman–Crippen LogP) is 4.73. The van der Waals surface area contributed by atoms with Gasteiger partial charge in [0, 0.05) is 50.1 Å². The lowest BCUT2D eigenvalue weighted by Crippen LogP contribution is -2.54. The Bertz CT molecular complexity index is 1390. The Hall–Kier alpha value is -3.66. The molecule has 2 aliphatic rings. The van der Waals surface area contributed by atoms with Crippen LogP contribution in [0.5, 0.6) is 5.75 Å². The molecule has 1 fully saturated rings. The highest BCUT2D eigenvalue weighted by Gasteiger charge is 2.35. The first-order valence-corrected chi connectivity index (χ1v) is 11.9. The molecule has 0 bridgehead atoms. The van der Waals surface area contributed by atoms with Crippen molar-refractivity contribution in [3.8, 4) is 16.9 Å². The number of nitrogens with zero attached hydrogens (tertiary/aromatic N) is 5. The minimum Gasteiger partial charge on any atom is -0.365 e. The standard InChI is InChI=1S/C25H24ClF2N5O3/c1-4-20(35)32-9-8-31(12-14(32)2)24-15-10-16(26)21-22-17(27)6-5-7-19(22)36-33(28)25(21)23(15)29-11-18(24)30(3)13-34/h5-7,10-11,13-14H,4,8-9,12H2,1-3H3. The average Bonchev–Trinajstić information content (AvgIpc) is 2.87. The van der Waals surface area contributed by atoms with Crippen molar-refractivity contribution in [1.82, 2.24) is 9.88 Å². The molecule has 0 N–H and O–H groups in total. The Morgan fingerprint density at radius 1 is 1.31 bits per heavy atom. The minimum atomic E-state index is -0.605. The van der Waals surface area contributed by atoms with Gasteiger partial charge >= 0.3 is 0 Å². The third kappa shape index (κ3) is 3.67. The van der Waals surface area contributed by atoms with Gasteiger partial charge in [-0.05, 0) is 30.4 Å². The van der Waals surface area contributed by atoms with E-state index in [-0.39, 0.29) is 50.3 Å². The fourth-order valence-corrected chi connectivity index (χ4v) is 5.30. The van der Waals surface area contributed by atoms with Crippen molar-refractivity contribution in [1.29, 1.82) is 0 Å². The minimum absolute atomic E-state index is 0.00526. The third-order valence-electron chi connectivity index (χ3n) is 6.72. The van der Waals surface area contributed by atoms with Crippen molar-refractivity contribution in [2.24, 2.45) is 0 Å². The monoisotopic (exact) mass is 515 g/mol. The first kappa shape index (κ1) is 24.1. The largest absolute Gasteiger partial charge is 0.365 e. The van der Waals surface area contributed by atoms with E-state index in [0.29, 0.717) is 49.2 Å². The number of carbonyl (C=O) groups is 2. The first-order valence-electron chi connectivity index (χ1n) is 11.6.